The van der Waals surface area contributed by atoms with Gasteiger partial charge >= 0.3 is 0 Å². The number of rotatable bonds is 5. The van der Waals surface area contributed by atoms with Gasteiger partial charge in [0, 0.05) is 17.8 Å². The number of nitrogens with two attached hydrogens (primary N) is 1. The van der Waals surface area contributed by atoms with Crippen molar-refractivity contribution in [3.05, 3.63) is 45.8 Å². The Morgan fingerprint density at radius 1 is 1.10 bits per heavy atom. The number of H-pyrrole nitrogens is 2. The summed E-state index contributed by atoms with van der Waals surface area (Å²) in [5.41, 5.74) is 7.26. The second kappa shape index (κ2) is 7.26. The number of primary amides is 1. The van der Waals surface area contributed by atoms with E-state index in [-0.39, 0.29) is 22.8 Å². The predicted molar refractivity (Wildman–Crippen MR) is 115 cm³/mol. The molecule has 0 radical (unpaired) electrons. The van der Waals surface area contributed by atoms with Crippen LogP contribution in [0.3, 0.4) is 0 Å². The number of amides is 1. The average molecular weight is 442 g/mol. The molecular formula is C19H19N7O2S2. The summed E-state index contributed by atoms with van der Waals surface area (Å²) >= 11 is 2.67. The van der Waals surface area contributed by atoms with E-state index in [2.05, 4.69) is 24.9 Å². The van der Waals surface area contributed by atoms with E-state index >= 15 is 0 Å². The number of thiazole rings is 2. The van der Waals surface area contributed by atoms with Crippen molar-refractivity contribution in [3.63, 3.8) is 0 Å². The minimum atomic E-state index is -0.514. The Hall–Kier alpha value is -3.18. The van der Waals surface area contributed by atoms with Crippen LogP contribution in [0.25, 0.3) is 21.3 Å². The Morgan fingerprint density at radius 3 is 2.50 bits per heavy atom. The number of hydrogen-bond acceptors (Lipinski definition) is 8. The van der Waals surface area contributed by atoms with Crippen molar-refractivity contribution in [1.82, 2.24) is 29.9 Å². The van der Waals surface area contributed by atoms with Gasteiger partial charge in [0.15, 0.2) is 11.6 Å². The maximum Gasteiger partial charge on any atom is 0.263 e. The van der Waals surface area contributed by atoms with Crippen molar-refractivity contribution in [2.24, 2.45) is 5.73 Å². The van der Waals surface area contributed by atoms with E-state index in [1.165, 1.54) is 28.9 Å². The lowest BCUT2D eigenvalue weighted by atomic mass is 9.98. The molecule has 30 heavy (non-hydrogen) atoms. The van der Waals surface area contributed by atoms with E-state index < -0.39 is 5.91 Å². The third kappa shape index (κ3) is 3.57. The molecule has 9 nitrogen and oxygen atoms in total. The fourth-order valence-corrected chi connectivity index (χ4v) is 4.81. The Bertz CT molecular complexity index is 1240. The highest BCUT2D eigenvalue weighted by molar-refractivity contribution is 7.19. The third-order valence-electron chi connectivity index (χ3n) is 4.24. The number of imidazole rings is 2. The lowest BCUT2D eigenvalue weighted by Gasteiger charge is -2.13. The summed E-state index contributed by atoms with van der Waals surface area (Å²) in [5.74, 6) is -0.489. The maximum atomic E-state index is 12.4. The van der Waals surface area contributed by atoms with Crippen LogP contribution in [0.5, 0.6) is 0 Å². The van der Waals surface area contributed by atoms with E-state index in [0.29, 0.717) is 21.3 Å². The summed E-state index contributed by atoms with van der Waals surface area (Å²) < 4.78 is 0. The molecule has 4 heterocycles. The van der Waals surface area contributed by atoms with Crippen molar-refractivity contribution < 1.29 is 9.59 Å². The van der Waals surface area contributed by atoms with Gasteiger partial charge in [-0.3, -0.25) is 9.59 Å². The van der Waals surface area contributed by atoms with Crippen LogP contribution in [-0.2, 0) is 5.41 Å². The van der Waals surface area contributed by atoms with Crippen molar-refractivity contribution >= 4 is 34.4 Å². The molecule has 0 saturated heterocycles. The number of carbonyl (C=O) groups excluding carboxylic acids is 2. The molecule has 1 amide bonds. The van der Waals surface area contributed by atoms with Crippen LogP contribution in [0.4, 0.5) is 0 Å². The minimum absolute atomic E-state index is 0.163. The van der Waals surface area contributed by atoms with Crippen LogP contribution < -0.4 is 5.73 Å². The lowest BCUT2D eigenvalue weighted by molar-refractivity contribution is 0.100. The molecule has 0 unspecified atom stereocenters. The molecule has 0 aromatic carbocycles. The number of carbonyl (C=O) groups is 2. The van der Waals surface area contributed by atoms with Gasteiger partial charge in [0.2, 0.25) is 0 Å². The molecule has 0 saturated carbocycles. The smallest absolute Gasteiger partial charge is 0.263 e. The summed E-state index contributed by atoms with van der Waals surface area (Å²) in [6, 6.07) is 0. The van der Waals surface area contributed by atoms with E-state index in [1.54, 1.807) is 12.4 Å². The second-order valence-corrected chi connectivity index (χ2v) is 9.66. The molecule has 4 rings (SSSR count). The Labute approximate surface area is 179 Å². The topological polar surface area (TPSA) is 143 Å². The summed E-state index contributed by atoms with van der Waals surface area (Å²) in [6.07, 6.45) is 4.63. The molecule has 4 aromatic heterocycles. The van der Waals surface area contributed by atoms with Crippen molar-refractivity contribution in [3.8, 4) is 21.3 Å². The first-order valence-electron chi connectivity index (χ1n) is 9.03. The first-order chi connectivity index (χ1) is 14.1. The van der Waals surface area contributed by atoms with Crippen molar-refractivity contribution in [2.75, 3.05) is 0 Å². The van der Waals surface area contributed by atoms with E-state index in [0.717, 1.165) is 15.6 Å². The Balaban J connectivity index is 1.73. The highest BCUT2D eigenvalue weighted by atomic mass is 32.1. The van der Waals surface area contributed by atoms with Crippen LogP contribution in [0, 0.1) is 6.92 Å². The van der Waals surface area contributed by atoms with Crippen LogP contribution >= 0.6 is 22.7 Å². The fourth-order valence-electron chi connectivity index (χ4n) is 2.74. The number of aromatic nitrogens is 6. The van der Waals surface area contributed by atoms with Crippen LogP contribution in [-0.4, -0.2) is 41.6 Å². The van der Waals surface area contributed by atoms with Crippen LogP contribution in [0.2, 0.25) is 0 Å². The standard InChI is InChI=1S/C19H19N7O2S2/c1-8-12(10-13(14(20)28)30-18(26-10)19(2,3)4)29-17(24-8)9-7-23-16(25-9)11(27)15-21-5-6-22-15/h5-7H,1-4H3,(H2,20,28)(H,21,22)(H,23,25). The molecule has 0 fully saturated rings. The van der Waals surface area contributed by atoms with Crippen LogP contribution in [0.1, 0.15) is 57.6 Å². The molecule has 4 N–H and O–H groups in total. The number of aryl methyl sites for hydroxylation is 1. The molecule has 0 spiro atoms. The number of ketones is 1. The van der Waals surface area contributed by atoms with Gasteiger partial charge < -0.3 is 15.7 Å². The monoisotopic (exact) mass is 441 g/mol. The van der Waals surface area contributed by atoms with Gasteiger partial charge in [-0.1, -0.05) is 20.8 Å². The molecule has 4 aromatic rings. The molecule has 0 bridgehead atoms. The second-order valence-electron chi connectivity index (χ2n) is 7.66. The fraction of sp³-hybridized carbons (Fsp3) is 0.263. The van der Waals surface area contributed by atoms with Crippen molar-refractivity contribution in [1.29, 1.82) is 0 Å². The zero-order chi connectivity index (χ0) is 21.6. The summed E-state index contributed by atoms with van der Waals surface area (Å²) in [7, 11) is 0. The van der Waals surface area contributed by atoms with E-state index in [9.17, 15) is 9.59 Å². The molecule has 11 heteroatoms. The van der Waals surface area contributed by atoms with Crippen molar-refractivity contribution in [2.45, 2.75) is 33.1 Å². The Kier molecular flexibility index (Phi) is 4.86. The van der Waals surface area contributed by atoms with E-state index in [1.807, 2.05) is 27.7 Å². The molecule has 0 aliphatic carbocycles. The number of hydrogen-bond donors (Lipinski definition) is 3. The quantitative estimate of drug-likeness (QED) is 0.405. The number of aromatic amines is 2. The van der Waals surface area contributed by atoms with Gasteiger partial charge in [-0.05, 0) is 6.92 Å². The zero-order valence-corrected chi connectivity index (χ0v) is 18.4. The van der Waals surface area contributed by atoms with Gasteiger partial charge in [-0.15, -0.1) is 22.7 Å². The first kappa shape index (κ1) is 20.1. The lowest BCUT2D eigenvalue weighted by Crippen LogP contribution is -2.10. The minimum Gasteiger partial charge on any atom is -0.365 e. The molecule has 0 aliphatic rings. The average Bonchev–Trinajstić information content (AvgIpc) is 3.43. The van der Waals surface area contributed by atoms with Gasteiger partial charge in [0.1, 0.15) is 15.6 Å². The normalized spacial score (nSPS) is 11.7. The SMILES string of the molecule is Cc1nc(-c2cnc(C(=O)c3ncc[nH]3)[nH]2)sc1-c1nc(C(C)(C)C)sc1C(N)=O. The molecule has 0 aliphatic heterocycles. The summed E-state index contributed by atoms with van der Waals surface area (Å²) in [4.78, 5) is 48.8. The van der Waals surface area contributed by atoms with Gasteiger partial charge in [-0.2, -0.15) is 0 Å². The Morgan fingerprint density at radius 2 is 1.87 bits per heavy atom. The van der Waals surface area contributed by atoms with Gasteiger partial charge in [0.05, 0.1) is 27.5 Å². The summed E-state index contributed by atoms with van der Waals surface area (Å²) in [6.45, 7) is 7.95. The molecule has 0 atom stereocenters. The highest BCUT2D eigenvalue weighted by Gasteiger charge is 2.27. The summed E-state index contributed by atoms with van der Waals surface area (Å²) in [5, 5.41) is 1.46. The number of nitrogens with zero attached hydrogens (tertiary/aromatic N) is 4. The largest absolute Gasteiger partial charge is 0.365 e. The predicted octanol–water partition coefficient (Wildman–Crippen LogP) is 3.32. The molecular weight excluding hydrogens is 422 g/mol. The maximum absolute atomic E-state index is 12.4. The van der Waals surface area contributed by atoms with E-state index in [4.69, 9.17) is 10.7 Å². The highest BCUT2D eigenvalue weighted by Crippen LogP contribution is 2.40. The molecule has 154 valence electrons. The first-order valence-corrected chi connectivity index (χ1v) is 10.7. The van der Waals surface area contributed by atoms with Gasteiger partial charge in [-0.25, -0.2) is 19.9 Å². The third-order valence-corrected chi connectivity index (χ3v) is 6.93. The number of nitrogens with one attached hydrogen (secondary N) is 2. The van der Waals surface area contributed by atoms with Gasteiger partial charge in [0.25, 0.3) is 11.7 Å². The van der Waals surface area contributed by atoms with Crippen LogP contribution in [0.15, 0.2) is 18.6 Å². The zero-order valence-electron chi connectivity index (χ0n) is 16.7.